The lowest BCUT2D eigenvalue weighted by Crippen LogP contribution is -2.07. The minimum absolute atomic E-state index is 0.228. The Balaban J connectivity index is 2.01. The molecular formula is C25H38O3S. The number of aryl methyl sites for hydroxylation is 1. The molecule has 0 aliphatic carbocycles. The average Bonchev–Trinajstić information content (AvgIpc) is 2.70. The highest BCUT2D eigenvalue weighted by atomic mass is 32.2. The molecule has 0 N–H and O–H groups in total. The lowest BCUT2D eigenvalue weighted by atomic mass is 10.2. The number of rotatable bonds is 16. The first kappa shape index (κ1) is 25.4. The Morgan fingerprint density at radius 2 is 1.31 bits per heavy atom. The Morgan fingerprint density at radius 3 is 1.90 bits per heavy atom. The van der Waals surface area contributed by atoms with E-state index in [1.54, 1.807) is 24.3 Å². The van der Waals surface area contributed by atoms with Crippen LogP contribution in [0.25, 0.3) is 0 Å². The third kappa shape index (κ3) is 13.2. The summed E-state index contributed by atoms with van der Waals surface area (Å²) in [4.78, 5) is 0.228. The Bertz CT molecular complexity index is 713. The third-order valence-corrected chi connectivity index (χ3v) is 5.91. The van der Waals surface area contributed by atoms with Crippen molar-refractivity contribution in [1.29, 1.82) is 0 Å². The molecule has 1 rings (SSSR count). The van der Waals surface area contributed by atoms with E-state index in [-0.39, 0.29) is 11.5 Å². The van der Waals surface area contributed by atoms with Crippen LogP contribution < -0.4 is 0 Å². The Kier molecular flexibility index (Phi) is 14.2. The molecule has 0 aliphatic heterocycles. The molecule has 0 amide bonds. The summed E-state index contributed by atoms with van der Waals surface area (Å²) < 4.78 is 29.2. The van der Waals surface area contributed by atoms with Gasteiger partial charge in [-0.2, -0.15) is 8.42 Å². The van der Waals surface area contributed by atoms with Crippen LogP contribution in [0.1, 0.15) is 76.7 Å². The van der Waals surface area contributed by atoms with E-state index in [9.17, 15) is 8.42 Å². The quantitative estimate of drug-likeness (QED) is 0.161. The summed E-state index contributed by atoms with van der Waals surface area (Å²) in [6.07, 6.45) is 24.2. The molecule has 29 heavy (non-hydrogen) atoms. The lowest BCUT2D eigenvalue weighted by Gasteiger charge is -2.05. The molecule has 3 nitrogen and oxygen atoms in total. The first-order valence-corrected chi connectivity index (χ1v) is 12.4. The summed E-state index contributed by atoms with van der Waals surface area (Å²) in [6.45, 7) is 4.40. The van der Waals surface area contributed by atoms with Crippen LogP contribution in [0.5, 0.6) is 0 Å². The van der Waals surface area contributed by atoms with Gasteiger partial charge in [0.15, 0.2) is 0 Å². The second-order valence-electron chi connectivity index (χ2n) is 7.32. The van der Waals surface area contributed by atoms with Crippen molar-refractivity contribution in [3.63, 3.8) is 0 Å². The number of hydrogen-bond acceptors (Lipinski definition) is 3. The summed E-state index contributed by atoms with van der Waals surface area (Å²) in [5, 5.41) is 0. The molecule has 0 unspecified atom stereocenters. The largest absolute Gasteiger partial charge is 0.296 e. The van der Waals surface area contributed by atoms with E-state index in [1.165, 1.54) is 25.7 Å². The van der Waals surface area contributed by atoms with Gasteiger partial charge in [0.1, 0.15) is 0 Å². The van der Waals surface area contributed by atoms with Crippen LogP contribution >= 0.6 is 0 Å². The van der Waals surface area contributed by atoms with E-state index >= 15 is 0 Å². The van der Waals surface area contributed by atoms with E-state index < -0.39 is 10.1 Å². The zero-order valence-electron chi connectivity index (χ0n) is 18.2. The topological polar surface area (TPSA) is 43.4 Å². The van der Waals surface area contributed by atoms with Gasteiger partial charge in [0.05, 0.1) is 11.5 Å². The standard InChI is InChI=1S/C25H38O3S/c1-3-4-5-6-7-8-9-10-11-12-13-14-15-16-17-18-23-28-29(26,27)25-21-19-24(2)20-22-25/h7-8,10-11,13-14,19-22H,3-6,9,12,15-18,23H2,1-2H3. The fourth-order valence-corrected chi connectivity index (χ4v) is 3.72. The van der Waals surface area contributed by atoms with Crippen LogP contribution in [0.3, 0.4) is 0 Å². The zero-order chi connectivity index (χ0) is 21.2. The van der Waals surface area contributed by atoms with Crippen molar-refractivity contribution >= 4 is 10.1 Å². The Hall–Kier alpha value is -1.65. The molecule has 0 saturated carbocycles. The van der Waals surface area contributed by atoms with E-state index in [2.05, 4.69) is 43.4 Å². The maximum Gasteiger partial charge on any atom is 0.296 e. The van der Waals surface area contributed by atoms with Crippen molar-refractivity contribution < 1.29 is 12.6 Å². The van der Waals surface area contributed by atoms with Crippen LogP contribution in [0.2, 0.25) is 0 Å². The summed E-state index contributed by atoms with van der Waals surface area (Å²) in [5.74, 6) is 0. The smallest absolute Gasteiger partial charge is 0.266 e. The molecule has 0 fully saturated rings. The van der Waals surface area contributed by atoms with Crippen molar-refractivity contribution in [2.45, 2.75) is 83.0 Å². The highest BCUT2D eigenvalue weighted by Gasteiger charge is 2.13. The van der Waals surface area contributed by atoms with E-state index in [1.807, 2.05) is 6.92 Å². The van der Waals surface area contributed by atoms with Crippen LogP contribution in [0.15, 0.2) is 65.6 Å². The third-order valence-electron chi connectivity index (χ3n) is 4.58. The summed E-state index contributed by atoms with van der Waals surface area (Å²) in [7, 11) is -3.62. The average molecular weight is 419 g/mol. The van der Waals surface area contributed by atoms with E-state index in [0.717, 1.165) is 44.1 Å². The molecule has 0 heterocycles. The fraction of sp³-hybridized carbons (Fsp3) is 0.520. The maximum absolute atomic E-state index is 12.1. The molecule has 0 spiro atoms. The molecule has 0 bridgehead atoms. The Morgan fingerprint density at radius 1 is 0.759 bits per heavy atom. The van der Waals surface area contributed by atoms with Crippen molar-refractivity contribution in [3.8, 4) is 0 Å². The summed E-state index contributed by atoms with van der Waals surface area (Å²) >= 11 is 0. The van der Waals surface area contributed by atoms with E-state index in [0.29, 0.717) is 0 Å². The van der Waals surface area contributed by atoms with E-state index in [4.69, 9.17) is 4.18 Å². The van der Waals surface area contributed by atoms with Gasteiger partial charge in [-0.25, -0.2) is 0 Å². The normalized spacial score (nSPS) is 12.6. The van der Waals surface area contributed by atoms with Gasteiger partial charge in [-0.05, 0) is 64.0 Å². The highest BCUT2D eigenvalue weighted by molar-refractivity contribution is 7.86. The molecule has 0 saturated heterocycles. The van der Waals surface area contributed by atoms with Crippen molar-refractivity contribution in [2.24, 2.45) is 0 Å². The highest BCUT2D eigenvalue weighted by Crippen LogP contribution is 2.14. The molecule has 0 atom stereocenters. The molecule has 0 radical (unpaired) electrons. The predicted molar refractivity (Wildman–Crippen MR) is 124 cm³/mol. The molecule has 1 aromatic carbocycles. The monoisotopic (exact) mass is 418 g/mol. The maximum atomic E-state index is 12.1. The van der Waals surface area contributed by atoms with Gasteiger partial charge in [0.25, 0.3) is 10.1 Å². The van der Waals surface area contributed by atoms with Crippen molar-refractivity contribution in [3.05, 3.63) is 66.3 Å². The van der Waals surface area contributed by atoms with Gasteiger partial charge < -0.3 is 0 Å². The molecule has 162 valence electrons. The number of unbranched alkanes of at least 4 members (excludes halogenated alkanes) is 6. The molecule has 0 aliphatic rings. The fourth-order valence-electron chi connectivity index (χ4n) is 2.77. The SMILES string of the molecule is CCCCCC=CCC=CCC=CCCCCCOS(=O)(=O)c1ccc(C)cc1. The van der Waals surface area contributed by atoms with Gasteiger partial charge in [-0.15, -0.1) is 0 Å². The van der Waals surface area contributed by atoms with Gasteiger partial charge in [-0.1, -0.05) is 80.3 Å². The molecule has 0 aromatic heterocycles. The van der Waals surface area contributed by atoms with Gasteiger partial charge in [-0.3, -0.25) is 4.18 Å². The van der Waals surface area contributed by atoms with Crippen LogP contribution in [0, 0.1) is 6.92 Å². The Labute approximate surface area is 178 Å². The van der Waals surface area contributed by atoms with Gasteiger partial charge in [0.2, 0.25) is 0 Å². The zero-order valence-corrected chi connectivity index (χ0v) is 19.0. The van der Waals surface area contributed by atoms with Gasteiger partial charge >= 0.3 is 0 Å². The summed E-state index contributed by atoms with van der Waals surface area (Å²) in [5.41, 5.74) is 1.03. The molecule has 1 aromatic rings. The van der Waals surface area contributed by atoms with Crippen molar-refractivity contribution in [1.82, 2.24) is 0 Å². The van der Waals surface area contributed by atoms with Crippen LogP contribution in [-0.2, 0) is 14.3 Å². The predicted octanol–water partition coefficient (Wildman–Crippen LogP) is 7.29. The number of benzene rings is 1. The van der Waals surface area contributed by atoms with Crippen molar-refractivity contribution in [2.75, 3.05) is 6.61 Å². The second-order valence-corrected chi connectivity index (χ2v) is 8.94. The minimum atomic E-state index is -3.62. The lowest BCUT2D eigenvalue weighted by molar-refractivity contribution is 0.307. The first-order chi connectivity index (χ1) is 14.1. The van der Waals surface area contributed by atoms with Crippen LogP contribution in [0.4, 0.5) is 0 Å². The molecular weight excluding hydrogens is 380 g/mol. The first-order valence-electron chi connectivity index (χ1n) is 11.0. The molecule has 4 heteroatoms. The minimum Gasteiger partial charge on any atom is -0.266 e. The van der Waals surface area contributed by atoms with Gasteiger partial charge in [0, 0.05) is 0 Å². The number of hydrogen-bond donors (Lipinski definition) is 0. The summed E-state index contributed by atoms with van der Waals surface area (Å²) in [6, 6.07) is 6.74. The van der Waals surface area contributed by atoms with Crippen LogP contribution in [-0.4, -0.2) is 15.0 Å². The second kappa shape index (κ2) is 16.2. The number of allylic oxidation sites excluding steroid dienone is 6.